The lowest BCUT2D eigenvalue weighted by atomic mass is 10.2. The van der Waals surface area contributed by atoms with E-state index in [1.165, 1.54) is 0 Å². The number of carbonyl (C=O) groups is 3. The fraction of sp³-hybridized carbons (Fsp3) is 0.643. The minimum absolute atomic E-state index is 0.327. The number of amides is 2. The monoisotopic (exact) mass is 301 g/mol. The Morgan fingerprint density at radius 3 is 1.52 bits per heavy atom. The van der Waals surface area contributed by atoms with Gasteiger partial charge in [-0.2, -0.15) is 0 Å². The first-order valence-corrected chi connectivity index (χ1v) is 6.37. The zero-order valence-electron chi connectivity index (χ0n) is 13.3. The van der Waals surface area contributed by atoms with Gasteiger partial charge in [0.15, 0.2) is 0 Å². The number of ether oxygens (including phenoxy) is 2. The average Bonchev–Trinajstić information content (AvgIpc) is 2.19. The van der Waals surface area contributed by atoms with Crippen LogP contribution in [0, 0.1) is 0 Å². The molecule has 1 N–H and O–H groups in total. The van der Waals surface area contributed by atoms with Crippen LogP contribution in [0.1, 0.15) is 41.5 Å². The molecule has 0 heterocycles. The van der Waals surface area contributed by atoms with Crippen LogP contribution in [0.4, 0.5) is 9.59 Å². The van der Waals surface area contributed by atoms with Gasteiger partial charge in [0.25, 0.3) is 0 Å². The number of hydrogen-bond acceptors (Lipinski definition) is 5. The van der Waals surface area contributed by atoms with E-state index in [4.69, 9.17) is 14.6 Å². The number of carbonyl (C=O) groups excluding carboxylic acids is 2. The summed E-state index contributed by atoms with van der Waals surface area (Å²) in [6.07, 6.45) is -1.97. The van der Waals surface area contributed by atoms with Crippen molar-refractivity contribution >= 4 is 18.2 Å². The van der Waals surface area contributed by atoms with Crippen molar-refractivity contribution in [2.75, 3.05) is 6.54 Å². The van der Waals surface area contributed by atoms with Gasteiger partial charge in [0.1, 0.15) is 11.2 Å². The molecule has 0 bridgehead atoms. The van der Waals surface area contributed by atoms with Crippen LogP contribution in [0.15, 0.2) is 12.2 Å². The van der Waals surface area contributed by atoms with Gasteiger partial charge in [0, 0.05) is 5.57 Å². The van der Waals surface area contributed by atoms with Gasteiger partial charge < -0.3 is 14.6 Å². The minimum atomic E-state index is -1.31. The lowest BCUT2D eigenvalue weighted by Crippen LogP contribution is -2.44. The molecule has 7 heteroatoms. The van der Waals surface area contributed by atoms with Crippen LogP contribution in [0.3, 0.4) is 0 Å². The second-order valence-corrected chi connectivity index (χ2v) is 6.46. The number of carboxylic acids is 1. The van der Waals surface area contributed by atoms with Gasteiger partial charge in [-0.15, -0.1) is 0 Å². The Morgan fingerprint density at radius 1 is 0.952 bits per heavy atom. The Labute approximate surface area is 124 Å². The van der Waals surface area contributed by atoms with Crippen LogP contribution in [-0.2, 0) is 14.3 Å². The van der Waals surface area contributed by atoms with Crippen LogP contribution in [0.5, 0.6) is 0 Å². The fourth-order valence-electron chi connectivity index (χ4n) is 1.10. The maximum Gasteiger partial charge on any atom is 0.420 e. The first-order valence-electron chi connectivity index (χ1n) is 6.37. The maximum atomic E-state index is 12.0. The number of carboxylic acid groups (broad SMARTS) is 1. The molecule has 0 aromatic rings. The largest absolute Gasteiger partial charge is 0.478 e. The molecule has 0 fully saturated rings. The molecule has 0 atom stereocenters. The molecule has 0 saturated carbocycles. The van der Waals surface area contributed by atoms with E-state index in [2.05, 4.69) is 6.58 Å². The van der Waals surface area contributed by atoms with E-state index in [9.17, 15) is 14.4 Å². The Kier molecular flexibility index (Phi) is 5.96. The van der Waals surface area contributed by atoms with Gasteiger partial charge in [0.2, 0.25) is 0 Å². The standard InChI is InChI=1S/C14H23NO6/c1-9(10(16)17)8-15(11(18)20-13(2,3)4)12(19)21-14(5,6)7/h1,8H2,2-7H3,(H,16,17). The molecule has 0 rings (SSSR count). The summed E-state index contributed by atoms with van der Waals surface area (Å²) in [5.74, 6) is -1.31. The number of imide groups is 1. The molecular weight excluding hydrogens is 278 g/mol. The minimum Gasteiger partial charge on any atom is -0.478 e. The van der Waals surface area contributed by atoms with E-state index in [0.29, 0.717) is 4.90 Å². The summed E-state index contributed by atoms with van der Waals surface area (Å²) in [5, 5.41) is 8.83. The normalized spacial score (nSPS) is 11.5. The van der Waals surface area contributed by atoms with Crippen LogP contribution >= 0.6 is 0 Å². The van der Waals surface area contributed by atoms with Gasteiger partial charge in [-0.05, 0) is 41.5 Å². The summed E-state index contributed by atoms with van der Waals surface area (Å²) in [6, 6.07) is 0. The molecule has 0 aliphatic heterocycles. The third-order valence-corrected chi connectivity index (χ3v) is 1.88. The Balaban J connectivity index is 5.18. The van der Waals surface area contributed by atoms with E-state index in [1.807, 2.05) is 0 Å². The predicted molar refractivity (Wildman–Crippen MR) is 75.9 cm³/mol. The van der Waals surface area contributed by atoms with Crippen LogP contribution in [0.2, 0.25) is 0 Å². The highest BCUT2D eigenvalue weighted by atomic mass is 16.6. The fourth-order valence-corrected chi connectivity index (χ4v) is 1.10. The van der Waals surface area contributed by atoms with Gasteiger partial charge >= 0.3 is 18.2 Å². The van der Waals surface area contributed by atoms with Crippen LogP contribution in [-0.4, -0.2) is 45.9 Å². The molecule has 0 aliphatic rings. The third-order valence-electron chi connectivity index (χ3n) is 1.88. The molecule has 120 valence electrons. The van der Waals surface area contributed by atoms with Crippen molar-refractivity contribution in [1.29, 1.82) is 0 Å². The lowest BCUT2D eigenvalue weighted by Gasteiger charge is -2.28. The average molecular weight is 301 g/mol. The van der Waals surface area contributed by atoms with Crippen molar-refractivity contribution in [2.45, 2.75) is 52.7 Å². The summed E-state index contributed by atoms with van der Waals surface area (Å²) >= 11 is 0. The van der Waals surface area contributed by atoms with Crippen LogP contribution < -0.4 is 0 Å². The highest BCUT2D eigenvalue weighted by molar-refractivity contribution is 5.92. The quantitative estimate of drug-likeness (QED) is 0.806. The first-order chi connectivity index (χ1) is 9.23. The Bertz CT molecular complexity index is 413. The summed E-state index contributed by atoms with van der Waals surface area (Å²) in [6.45, 7) is 12.6. The molecule has 2 amide bonds. The molecule has 0 radical (unpaired) electrons. The number of aliphatic carboxylic acids is 1. The van der Waals surface area contributed by atoms with E-state index in [-0.39, 0.29) is 5.57 Å². The molecule has 0 saturated heterocycles. The van der Waals surface area contributed by atoms with Crippen molar-refractivity contribution in [3.05, 3.63) is 12.2 Å². The summed E-state index contributed by atoms with van der Waals surface area (Å²) in [7, 11) is 0. The number of hydrogen-bond donors (Lipinski definition) is 1. The molecule has 0 aromatic heterocycles. The Morgan fingerprint density at radius 2 is 1.29 bits per heavy atom. The van der Waals surface area contributed by atoms with Crippen molar-refractivity contribution < 1.29 is 29.0 Å². The van der Waals surface area contributed by atoms with Gasteiger partial charge in [0.05, 0.1) is 6.54 Å². The van der Waals surface area contributed by atoms with Crippen molar-refractivity contribution in [3.8, 4) is 0 Å². The van der Waals surface area contributed by atoms with Gasteiger partial charge in [-0.3, -0.25) is 0 Å². The molecular formula is C14H23NO6. The summed E-state index contributed by atoms with van der Waals surface area (Å²) in [4.78, 5) is 35.4. The van der Waals surface area contributed by atoms with Crippen molar-refractivity contribution in [2.24, 2.45) is 0 Å². The van der Waals surface area contributed by atoms with E-state index in [1.54, 1.807) is 41.5 Å². The zero-order valence-corrected chi connectivity index (χ0v) is 13.3. The molecule has 0 aromatic carbocycles. The van der Waals surface area contributed by atoms with E-state index in [0.717, 1.165) is 0 Å². The molecule has 0 aliphatic carbocycles. The molecule has 0 unspecified atom stereocenters. The molecule has 21 heavy (non-hydrogen) atoms. The second kappa shape index (κ2) is 6.60. The maximum absolute atomic E-state index is 12.0. The SMILES string of the molecule is C=C(CN(C(=O)OC(C)(C)C)C(=O)OC(C)(C)C)C(=O)O. The van der Waals surface area contributed by atoms with Crippen molar-refractivity contribution in [1.82, 2.24) is 4.90 Å². The number of rotatable bonds is 3. The molecule has 0 spiro atoms. The third kappa shape index (κ3) is 7.96. The van der Waals surface area contributed by atoms with Crippen LogP contribution in [0.25, 0.3) is 0 Å². The van der Waals surface area contributed by atoms with Gasteiger partial charge in [-0.25, -0.2) is 19.3 Å². The zero-order chi connectivity index (χ0) is 17.0. The Hall–Kier alpha value is -2.05. The highest BCUT2D eigenvalue weighted by Crippen LogP contribution is 2.15. The second-order valence-electron chi connectivity index (χ2n) is 6.46. The highest BCUT2D eigenvalue weighted by Gasteiger charge is 2.32. The van der Waals surface area contributed by atoms with E-state index >= 15 is 0 Å². The molecule has 7 nitrogen and oxygen atoms in total. The van der Waals surface area contributed by atoms with Crippen molar-refractivity contribution in [3.63, 3.8) is 0 Å². The summed E-state index contributed by atoms with van der Waals surface area (Å²) < 4.78 is 10.1. The predicted octanol–water partition coefficient (Wildman–Crippen LogP) is 2.80. The number of nitrogens with zero attached hydrogens (tertiary/aromatic N) is 1. The van der Waals surface area contributed by atoms with E-state index < -0.39 is 35.9 Å². The first kappa shape index (κ1) is 18.9. The lowest BCUT2D eigenvalue weighted by molar-refractivity contribution is -0.132. The van der Waals surface area contributed by atoms with Gasteiger partial charge in [-0.1, -0.05) is 6.58 Å². The smallest absolute Gasteiger partial charge is 0.420 e. The summed E-state index contributed by atoms with van der Waals surface area (Å²) in [5.41, 5.74) is -1.99. The topological polar surface area (TPSA) is 93.1 Å².